The molecule has 3 rings (SSSR count). The van der Waals surface area contributed by atoms with Gasteiger partial charge in [0.15, 0.2) is 4.34 Å². The minimum atomic E-state index is -0.148. The number of carbonyl (C=O) groups excluding carboxylic acids is 1. The molecular weight excluding hydrogens is 302 g/mol. The van der Waals surface area contributed by atoms with Crippen molar-refractivity contribution in [3.63, 3.8) is 0 Å². The number of nitrogens with two attached hydrogens (primary N) is 1. The number of hydrazine groups is 1. The van der Waals surface area contributed by atoms with Gasteiger partial charge in [0.05, 0.1) is 21.7 Å². The summed E-state index contributed by atoms with van der Waals surface area (Å²) in [5.74, 6) is 5.95. The lowest BCUT2D eigenvalue weighted by Crippen LogP contribution is -2.38. The molecule has 0 aliphatic carbocycles. The molecule has 0 saturated carbocycles. The van der Waals surface area contributed by atoms with Gasteiger partial charge in [-0.05, 0) is 24.3 Å². The van der Waals surface area contributed by atoms with Crippen molar-refractivity contribution in [2.24, 2.45) is 5.84 Å². The van der Waals surface area contributed by atoms with Crippen LogP contribution in [0.1, 0.15) is 0 Å². The van der Waals surface area contributed by atoms with Crippen LogP contribution in [0, 0.1) is 0 Å². The molecule has 1 amide bonds. The number of amides is 1. The van der Waals surface area contributed by atoms with Crippen LogP contribution in [0.5, 0.6) is 0 Å². The molecule has 0 fully saturated rings. The zero-order valence-electron chi connectivity index (χ0n) is 11.1. The van der Waals surface area contributed by atoms with Crippen LogP contribution in [0.25, 0.3) is 10.2 Å². The molecule has 2 aromatic carbocycles. The summed E-state index contributed by atoms with van der Waals surface area (Å²) in [6.45, 7) is 0. The Labute approximate surface area is 130 Å². The lowest BCUT2D eigenvalue weighted by molar-refractivity contribution is -0.116. The van der Waals surface area contributed by atoms with Gasteiger partial charge in [-0.3, -0.25) is 4.79 Å². The van der Waals surface area contributed by atoms with Crippen LogP contribution >= 0.6 is 23.1 Å². The number of fused-ring (bicyclic) bond motifs is 1. The van der Waals surface area contributed by atoms with Crippen LogP contribution in [-0.2, 0) is 4.79 Å². The summed E-state index contributed by atoms with van der Waals surface area (Å²) < 4.78 is 2.01. The number of nitrogens with zero attached hydrogens (tertiary/aromatic N) is 2. The molecule has 0 saturated heterocycles. The molecule has 0 unspecified atom stereocenters. The van der Waals surface area contributed by atoms with E-state index in [4.69, 9.17) is 5.84 Å². The van der Waals surface area contributed by atoms with Crippen LogP contribution in [0.4, 0.5) is 5.69 Å². The second-order valence-electron chi connectivity index (χ2n) is 4.34. The van der Waals surface area contributed by atoms with E-state index in [9.17, 15) is 4.79 Å². The van der Waals surface area contributed by atoms with E-state index < -0.39 is 0 Å². The van der Waals surface area contributed by atoms with Crippen LogP contribution in [0.3, 0.4) is 0 Å². The zero-order valence-corrected chi connectivity index (χ0v) is 12.7. The van der Waals surface area contributed by atoms with Gasteiger partial charge in [0, 0.05) is 0 Å². The van der Waals surface area contributed by atoms with Crippen LogP contribution in [0.2, 0.25) is 0 Å². The molecule has 0 aliphatic rings. The predicted molar refractivity (Wildman–Crippen MR) is 88.5 cm³/mol. The van der Waals surface area contributed by atoms with E-state index in [0.29, 0.717) is 5.69 Å². The van der Waals surface area contributed by atoms with Crippen molar-refractivity contribution in [1.29, 1.82) is 0 Å². The van der Waals surface area contributed by atoms with E-state index in [1.54, 1.807) is 23.5 Å². The highest BCUT2D eigenvalue weighted by Gasteiger charge is 2.13. The maximum Gasteiger partial charge on any atom is 0.251 e. The van der Waals surface area contributed by atoms with E-state index in [1.165, 1.54) is 16.8 Å². The SMILES string of the molecule is NN(C(=O)CSc1nc2ccccc2s1)c1ccccc1. The first-order valence-electron chi connectivity index (χ1n) is 6.35. The maximum atomic E-state index is 12.1. The van der Waals surface area contributed by atoms with Crippen LogP contribution in [-0.4, -0.2) is 16.6 Å². The monoisotopic (exact) mass is 315 g/mol. The Kier molecular flexibility index (Phi) is 4.19. The molecule has 0 radical (unpaired) electrons. The molecule has 0 bridgehead atoms. The van der Waals surface area contributed by atoms with E-state index in [2.05, 4.69) is 4.98 Å². The Bertz CT molecular complexity index is 725. The van der Waals surface area contributed by atoms with Crippen molar-refractivity contribution in [3.05, 3.63) is 54.6 Å². The highest BCUT2D eigenvalue weighted by Crippen LogP contribution is 2.29. The van der Waals surface area contributed by atoms with Gasteiger partial charge < -0.3 is 0 Å². The van der Waals surface area contributed by atoms with Gasteiger partial charge in [-0.1, -0.05) is 42.1 Å². The quantitative estimate of drug-likeness (QED) is 0.347. The Morgan fingerprint density at radius 2 is 1.86 bits per heavy atom. The van der Waals surface area contributed by atoms with E-state index in [1.807, 2.05) is 42.5 Å². The van der Waals surface area contributed by atoms with Gasteiger partial charge in [-0.15, -0.1) is 11.3 Å². The average molecular weight is 315 g/mol. The minimum absolute atomic E-state index is 0.148. The molecule has 106 valence electrons. The molecule has 0 aliphatic heterocycles. The van der Waals surface area contributed by atoms with E-state index in [0.717, 1.165) is 14.6 Å². The molecule has 3 aromatic rings. The molecule has 2 N–H and O–H groups in total. The van der Waals surface area contributed by atoms with Gasteiger partial charge in [-0.2, -0.15) is 0 Å². The Hall–Kier alpha value is -1.89. The lowest BCUT2D eigenvalue weighted by atomic mass is 10.3. The minimum Gasteiger partial charge on any atom is -0.272 e. The van der Waals surface area contributed by atoms with Crippen molar-refractivity contribution < 1.29 is 4.79 Å². The summed E-state index contributed by atoms with van der Waals surface area (Å²) in [7, 11) is 0. The Balaban J connectivity index is 1.65. The van der Waals surface area contributed by atoms with Crippen molar-refractivity contribution in [2.75, 3.05) is 10.8 Å². The highest BCUT2D eigenvalue weighted by atomic mass is 32.2. The summed E-state index contributed by atoms with van der Waals surface area (Å²) >= 11 is 3.00. The number of anilines is 1. The lowest BCUT2D eigenvalue weighted by Gasteiger charge is -2.15. The number of carbonyl (C=O) groups is 1. The summed E-state index contributed by atoms with van der Waals surface area (Å²) in [5.41, 5.74) is 1.65. The van der Waals surface area contributed by atoms with Gasteiger partial charge in [0.25, 0.3) is 5.91 Å². The summed E-state index contributed by atoms with van der Waals surface area (Å²) in [6, 6.07) is 17.1. The van der Waals surface area contributed by atoms with Crippen molar-refractivity contribution in [2.45, 2.75) is 4.34 Å². The third kappa shape index (κ3) is 3.24. The molecule has 0 spiro atoms. The molecule has 1 heterocycles. The van der Waals surface area contributed by atoms with Crippen LogP contribution in [0.15, 0.2) is 58.9 Å². The zero-order chi connectivity index (χ0) is 14.7. The van der Waals surface area contributed by atoms with Gasteiger partial charge >= 0.3 is 0 Å². The largest absolute Gasteiger partial charge is 0.272 e. The molecule has 1 aromatic heterocycles. The molecule has 6 heteroatoms. The fraction of sp³-hybridized carbons (Fsp3) is 0.0667. The van der Waals surface area contributed by atoms with Crippen molar-refractivity contribution >= 4 is 44.9 Å². The van der Waals surface area contributed by atoms with Crippen molar-refractivity contribution in [1.82, 2.24) is 4.98 Å². The topological polar surface area (TPSA) is 59.2 Å². The number of aromatic nitrogens is 1. The summed E-state index contributed by atoms with van der Waals surface area (Å²) in [5, 5.41) is 1.18. The first-order valence-corrected chi connectivity index (χ1v) is 8.15. The Morgan fingerprint density at radius 1 is 1.14 bits per heavy atom. The molecule has 4 nitrogen and oxygen atoms in total. The fourth-order valence-corrected chi connectivity index (χ4v) is 3.77. The maximum absolute atomic E-state index is 12.1. The van der Waals surface area contributed by atoms with Gasteiger partial charge in [0.1, 0.15) is 0 Å². The second kappa shape index (κ2) is 6.26. The number of thiazole rings is 1. The molecular formula is C15H13N3OS2. The molecule has 21 heavy (non-hydrogen) atoms. The first-order chi connectivity index (χ1) is 10.2. The van der Waals surface area contributed by atoms with E-state index in [-0.39, 0.29) is 11.7 Å². The van der Waals surface area contributed by atoms with Gasteiger partial charge in [0.2, 0.25) is 0 Å². The molecule has 0 atom stereocenters. The third-order valence-corrected chi connectivity index (χ3v) is 5.06. The van der Waals surface area contributed by atoms with E-state index >= 15 is 0 Å². The first kappa shape index (κ1) is 14.1. The summed E-state index contributed by atoms with van der Waals surface area (Å²) in [4.78, 5) is 16.6. The number of para-hydroxylation sites is 2. The number of rotatable bonds is 4. The second-order valence-corrected chi connectivity index (χ2v) is 6.59. The highest BCUT2D eigenvalue weighted by molar-refractivity contribution is 8.01. The summed E-state index contributed by atoms with van der Waals surface area (Å²) in [6.07, 6.45) is 0. The van der Waals surface area contributed by atoms with Crippen LogP contribution < -0.4 is 10.9 Å². The average Bonchev–Trinajstić information content (AvgIpc) is 2.95. The number of thioether (sulfide) groups is 1. The third-order valence-electron chi connectivity index (χ3n) is 2.90. The smallest absolute Gasteiger partial charge is 0.251 e. The van der Waals surface area contributed by atoms with Gasteiger partial charge in [-0.25, -0.2) is 15.8 Å². The Morgan fingerprint density at radius 3 is 2.62 bits per heavy atom. The predicted octanol–water partition coefficient (Wildman–Crippen LogP) is 3.30. The number of hydrogen-bond acceptors (Lipinski definition) is 5. The number of benzene rings is 2. The fourth-order valence-electron chi connectivity index (χ4n) is 1.84. The standard InChI is InChI=1S/C15H13N3OS2/c16-18(11-6-2-1-3-7-11)14(19)10-20-15-17-12-8-4-5-9-13(12)21-15/h1-9H,10,16H2. The van der Waals surface area contributed by atoms with Crippen molar-refractivity contribution in [3.8, 4) is 0 Å². The normalized spacial score (nSPS) is 10.7. The number of hydrogen-bond donors (Lipinski definition) is 1.